The van der Waals surface area contributed by atoms with Crippen LogP contribution in [0.15, 0.2) is 0 Å². The summed E-state index contributed by atoms with van der Waals surface area (Å²) >= 11 is 0. The molecule has 1 aliphatic rings. The van der Waals surface area contributed by atoms with E-state index in [1.807, 2.05) is 13.8 Å². The van der Waals surface area contributed by atoms with E-state index in [0.717, 1.165) is 6.42 Å². The molecule has 4 heteroatoms. The second kappa shape index (κ2) is 3.59. The van der Waals surface area contributed by atoms with E-state index in [9.17, 15) is 9.59 Å². The van der Waals surface area contributed by atoms with E-state index in [0.29, 0.717) is 6.42 Å². The fraction of sp³-hybridized carbons (Fsp3) is 0.800. The first-order chi connectivity index (χ1) is 6.38. The lowest BCUT2D eigenvalue weighted by Crippen LogP contribution is -2.41. The van der Waals surface area contributed by atoms with Crippen molar-refractivity contribution in [2.24, 2.45) is 11.3 Å². The summed E-state index contributed by atoms with van der Waals surface area (Å²) in [4.78, 5) is 22.2. The van der Waals surface area contributed by atoms with Gasteiger partial charge in [0.05, 0.1) is 0 Å². The van der Waals surface area contributed by atoms with Gasteiger partial charge in [-0.15, -0.1) is 0 Å². The standard InChI is InChI=1S/C10H17NO3/c1-4-7(9(13)14)11-8(12)6-5-10(6,2)3/h6-7H,4-5H2,1-3H3,(H,11,12)(H,13,14)/t6?,7-/m1/s1. The van der Waals surface area contributed by atoms with Gasteiger partial charge in [0.2, 0.25) is 5.91 Å². The van der Waals surface area contributed by atoms with Crippen molar-refractivity contribution in [3.63, 3.8) is 0 Å². The monoisotopic (exact) mass is 199 g/mol. The zero-order valence-corrected chi connectivity index (χ0v) is 8.83. The van der Waals surface area contributed by atoms with E-state index in [2.05, 4.69) is 5.32 Å². The van der Waals surface area contributed by atoms with Crippen LogP contribution in [0.25, 0.3) is 0 Å². The summed E-state index contributed by atoms with van der Waals surface area (Å²) in [7, 11) is 0. The normalized spacial score (nSPS) is 25.2. The van der Waals surface area contributed by atoms with Crippen LogP contribution >= 0.6 is 0 Å². The zero-order chi connectivity index (χ0) is 10.9. The minimum Gasteiger partial charge on any atom is -0.480 e. The van der Waals surface area contributed by atoms with Gasteiger partial charge in [-0.1, -0.05) is 20.8 Å². The molecule has 0 aliphatic heterocycles. The molecule has 1 rings (SSSR count). The Morgan fingerprint density at radius 3 is 2.36 bits per heavy atom. The van der Waals surface area contributed by atoms with Crippen LogP contribution in [0.3, 0.4) is 0 Å². The van der Waals surface area contributed by atoms with Crippen LogP contribution in [0, 0.1) is 11.3 Å². The van der Waals surface area contributed by atoms with Gasteiger partial charge in [0, 0.05) is 5.92 Å². The van der Waals surface area contributed by atoms with Crippen LogP contribution in [0.2, 0.25) is 0 Å². The SMILES string of the molecule is CC[C@@H](NC(=O)C1CC1(C)C)C(=O)O. The van der Waals surface area contributed by atoms with Crippen molar-refractivity contribution < 1.29 is 14.7 Å². The Labute approximate surface area is 83.7 Å². The molecule has 0 aromatic rings. The molecule has 1 saturated carbocycles. The molecule has 0 radical (unpaired) electrons. The number of amides is 1. The number of aliphatic carboxylic acids is 1. The van der Waals surface area contributed by atoms with E-state index in [1.54, 1.807) is 6.92 Å². The van der Waals surface area contributed by atoms with Gasteiger partial charge in [-0.25, -0.2) is 4.79 Å². The van der Waals surface area contributed by atoms with E-state index in [-0.39, 0.29) is 17.2 Å². The molecule has 2 N–H and O–H groups in total. The summed E-state index contributed by atoms with van der Waals surface area (Å²) in [6, 6.07) is -0.737. The van der Waals surface area contributed by atoms with Crippen LogP contribution in [0.4, 0.5) is 0 Å². The Morgan fingerprint density at radius 2 is 2.07 bits per heavy atom. The first kappa shape index (κ1) is 11.0. The third-order valence-corrected chi connectivity index (χ3v) is 2.85. The number of rotatable bonds is 4. The van der Waals surface area contributed by atoms with E-state index >= 15 is 0 Å². The lowest BCUT2D eigenvalue weighted by Gasteiger charge is -2.12. The minimum absolute atomic E-state index is 0.00380. The Morgan fingerprint density at radius 1 is 1.57 bits per heavy atom. The van der Waals surface area contributed by atoms with Gasteiger partial charge in [-0.2, -0.15) is 0 Å². The van der Waals surface area contributed by atoms with Gasteiger partial charge in [0.15, 0.2) is 0 Å². The molecule has 0 spiro atoms. The van der Waals surface area contributed by atoms with Gasteiger partial charge in [-0.05, 0) is 18.3 Å². The summed E-state index contributed by atoms with van der Waals surface area (Å²) in [5.74, 6) is -1.08. The minimum atomic E-state index is -0.959. The summed E-state index contributed by atoms with van der Waals surface area (Å²) in [6.07, 6.45) is 1.28. The lowest BCUT2D eigenvalue weighted by molar-refractivity contribution is -0.142. The van der Waals surface area contributed by atoms with Crippen molar-refractivity contribution in [3.05, 3.63) is 0 Å². The van der Waals surface area contributed by atoms with Crippen molar-refractivity contribution in [2.75, 3.05) is 0 Å². The van der Waals surface area contributed by atoms with Crippen molar-refractivity contribution in [3.8, 4) is 0 Å². The fourth-order valence-electron chi connectivity index (χ4n) is 1.53. The number of carboxylic acid groups (broad SMARTS) is 1. The molecule has 1 fully saturated rings. The largest absolute Gasteiger partial charge is 0.480 e. The number of hydrogen-bond acceptors (Lipinski definition) is 2. The molecule has 4 nitrogen and oxygen atoms in total. The molecular formula is C10H17NO3. The van der Waals surface area contributed by atoms with Gasteiger partial charge in [0.1, 0.15) is 6.04 Å². The predicted molar refractivity (Wildman–Crippen MR) is 51.7 cm³/mol. The second-order valence-corrected chi connectivity index (χ2v) is 4.55. The summed E-state index contributed by atoms with van der Waals surface area (Å²) < 4.78 is 0. The third kappa shape index (κ3) is 2.25. The van der Waals surface area contributed by atoms with Crippen molar-refractivity contribution in [1.29, 1.82) is 0 Å². The van der Waals surface area contributed by atoms with Crippen molar-refractivity contribution in [1.82, 2.24) is 5.32 Å². The average molecular weight is 199 g/mol. The summed E-state index contributed by atoms with van der Waals surface area (Å²) in [6.45, 7) is 5.77. The van der Waals surface area contributed by atoms with Crippen LogP contribution in [-0.4, -0.2) is 23.0 Å². The van der Waals surface area contributed by atoms with E-state index < -0.39 is 12.0 Å². The molecule has 80 valence electrons. The topological polar surface area (TPSA) is 66.4 Å². The highest BCUT2D eigenvalue weighted by atomic mass is 16.4. The van der Waals surface area contributed by atoms with Gasteiger partial charge in [0.25, 0.3) is 0 Å². The van der Waals surface area contributed by atoms with Crippen LogP contribution in [0.1, 0.15) is 33.6 Å². The Kier molecular flexibility index (Phi) is 2.83. The molecule has 0 heterocycles. The summed E-state index contributed by atoms with van der Waals surface area (Å²) in [5.41, 5.74) is 0.0564. The first-order valence-electron chi connectivity index (χ1n) is 4.91. The van der Waals surface area contributed by atoms with Crippen LogP contribution < -0.4 is 5.32 Å². The molecule has 0 bridgehead atoms. The van der Waals surface area contributed by atoms with Crippen molar-refractivity contribution in [2.45, 2.75) is 39.7 Å². The zero-order valence-electron chi connectivity index (χ0n) is 8.83. The fourth-order valence-corrected chi connectivity index (χ4v) is 1.53. The molecule has 1 unspecified atom stereocenters. The Balaban J connectivity index is 2.45. The second-order valence-electron chi connectivity index (χ2n) is 4.55. The predicted octanol–water partition coefficient (Wildman–Crippen LogP) is 1.01. The molecule has 14 heavy (non-hydrogen) atoms. The maximum Gasteiger partial charge on any atom is 0.326 e. The van der Waals surface area contributed by atoms with Crippen LogP contribution in [-0.2, 0) is 9.59 Å². The number of carboxylic acids is 1. The van der Waals surface area contributed by atoms with Gasteiger partial charge >= 0.3 is 5.97 Å². The quantitative estimate of drug-likeness (QED) is 0.710. The molecule has 2 atom stereocenters. The molecule has 1 amide bonds. The lowest BCUT2D eigenvalue weighted by atomic mass is 10.1. The highest BCUT2D eigenvalue weighted by Crippen LogP contribution is 2.51. The number of hydrogen-bond donors (Lipinski definition) is 2. The van der Waals surface area contributed by atoms with Crippen molar-refractivity contribution >= 4 is 11.9 Å². The van der Waals surface area contributed by atoms with E-state index in [1.165, 1.54) is 0 Å². The highest BCUT2D eigenvalue weighted by molar-refractivity contribution is 5.87. The molecular weight excluding hydrogens is 182 g/mol. The molecule has 0 aromatic carbocycles. The maximum absolute atomic E-state index is 11.5. The first-order valence-corrected chi connectivity index (χ1v) is 4.91. The van der Waals surface area contributed by atoms with E-state index in [4.69, 9.17) is 5.11 Å². The van der Waals surface area contributed by atoms with Gasteiger partial charge in [-0.3, -0.25) is 4.79 Å². The highest BCUT2D eigenvalue weighted by Gasteiger charge is 2.50. The number of nitrogens with one attached hydrogen (secondary N) is 1. The third-order valence-electron chi connectivity index (χ3n) is 2.85. The van der Waals surface area contributed by atoms with Crippen LogP contribution in [0.5, 0.6) is 0 Å². The number of carbonyl (C=O) groups excluding carboxylic acids is 1. The smallest absolute Gasteiger partial charge is 0.326 e. The Bertz CT molecular complexity index is 260. The van der Waals surface area contributed by atoms with Gasteiger partial charge < -0.3 is 10.4 Å². The molecule has 0 aromatic heterocycles. The maximum atomic E-state index is 11.5. The number of carbonyl (C=O) groups is 2. The average Bonchev–Trinajstić information content (AvgIpc) is 2.70. The Hall–Kier alpha value is -1.06. The summed E-state index contributed by atoms with van der Waals surface area (Å²) in [5, 5.41) is 11.3. The molecule has 1 aliphatic carbocycles. The molecule has 0 saturated heterocycles.